The van der Waals surface area contributed by atoms with Crippen molar-refractivity contribution in [2.75, 3.05) is 13.2 Å². The number of carbonyl (C=O) groups excluding carboxylic acids is 1. The maximum Gasteiger partial charge on any atom is 0.258 e. The number of hydrogen-bond acceptors (Lipinski definition) is 4. The molecule has 2 rings (SSSR count). The van der Waals surface area contributed by atoms with Crippen LogP contribution < -0.4 is 10.1 Å². The summed E-state index contributed by atoms with van der Waals surface area (Å²) in [5, 5.41) is 21.6. The zero-order valence-electron chi connectivity index (χ0n) is 11.9. The molecule has 21 heavy (non-hydrogen) atoms. The molecule has 0 heterocycles. The molecule has 1 fully saturated rings. The second-order valence-corrected chi connectivity index (χ2v) is 5.31. The Morgan fingerprint density at radius 3 is 2.86 bits per heavy atom. The Bertz CT molecular complexity index is 518. The molecule has 1 atom stereocenters. The highest BCUT2D eigenvalue weighted by Gasteiger charge is 2.23. The molecular formula is C16H20N2O3. The molecular weight excluding hydrogens is 268 g/mol. The smallest absolute Gasteiger partial charge is 0.258 e. The minimum absolute atomic E-state index is 0.157. The van der Waals surface area contributed by atoms with Crippen molar-refractivity contribution in [1.82, 2.24) is 5.32 Å². The number of amides is 1. The predicted molar refractivity (Wildman–Crippen MR) is 77.6 cm³/mol. The zero-order valence-corrected chi connectivity index (χ0v) is 11.9. The van der Waals surface area contributed by atoms with Crippen LogP contribution in [0.4, 0.5) is 0 Å². The molecule has 1 aromatic rings. The van der Waals surface area contributed by atoms with Gasteiger partial charge in [0, 0.05) is 6.54 Å². The van der Waals surface area contributed by atoms with Gasteiger partial charge < -0.3 is 15.2 Å². The van der Waals surface area contributed by atoms with Gasteiger partial charge in [-0.2, -0.15) is 5.26 Å². The van der Waals surface area contributed by atoms with Crippen LogP contribution in [-0.2, 0) is 4.79 Å². The molecule has 0 spiro atoms. The molecule has 5 nitrogen and oxygen atoms in total. The first-order chi connectivity index (χ1) is 10.2. The largest absolute Gasteiger partial charge is 0.482 e. The lowest BCUT2D eigenvalue weighted by Gasteiger charge is -2.18. The van der Waals surface area contributed by atoms with Crippen molar-refractivity contribution in [3.63, 3.8) is 0 Å². The topological polar surface area (TPSA) is 82.3 Å². The summed E-state index contributed by atoms with van der Waals surface area (Å²) in [5.41, 5.74) is 0.399. The van der Waals surface area contributed by atoms with Crippen molar-refractivity contribution >= 4 is 5.91 Å². The Labute approximate surface area is 124 Å². The quantitative estimate of drug-likeness (QED) is 0.833. The Balaban J connectivity index is 1.73. The molecule has 0 radical (unpaired) electrons. The summed E-state index contributed by atoms with van der Waals surface area (Å²) < 4.78 is 5.33. The second-order valence-electron chi connectivity index (χ2n) is 5.31. The zero-order chi connectivity index (χ0) is 15.1. The van der Waals surface area contributed by atoms with Crippen molar-refractivity contribution in [1.29, 1.82) is 5.26 Å². The molecule has 1 saturated carbocycles. The number of hydrogen-bond donors (Lipinski definition) is 2. The van der Waals surface area contributed by atoms with Crippen molar-refractivity contribution in [3.05, 3.63) is 29.8 Å². The summed E-state index contributed by atoms with van der Waals surface area (Å²) in [6.45, 7) is 0.100. The maximum absolute atomic E-state index is 11.7. The predicted octanol–water partition coefficient (Wildman–Crippen LogP) is 1.60. The molecule has 0 saturated heterocycles. The fourth-order valence-corrected chi connectivity index (χ4v) is 2.61. The number of aliphatic hydroxyl groups excluding tert-OH is 1. The number of rotatable bonds is 6. The lowest BCUT2D eigenvalue weighted by atomic mass is 10.0. The van der Waals surface area contributed by atoms with E-state index in [-0.39, 0.29) is 19.1 Å². The fraction of sp³-hybridized carbons (Fsp3) is 0.500. The Morgan fingerprint density at radius 1 is 1.43 bits per heavy atom. The van der Waals surface area contributed by atoms with Crippen LogP contribution in [0.25, 0.3) is 0 Å². The van der Waals surface area contributed by atoms with E-state index in [1.165, 1.54) is 0 Å². The van der Waals surface area contributed by atoms with Crippen LogP contribution >= 0.6 is 0 Å². The molecule has 0 aliphatic heterocycles. The molecule has 0 bridgehead atoms. The molecule has 5 heteroatoms. The van der Waals surface area contributed by atoms with Crippen LogP contribution in [0, 0.1) is 17.2 Å². The van der Waals surface area contributed by atoms with Gasteiger partial charge in [0.05, 0.1) is 11.7 Å². The minimum Gasteiger partial charge on any atom is -0.482 e. The SMILES string of the molecule is N#Cc1ccccc1OCC(=O)NCC(O)C1CCCC1. The summed E-state index contributed by atoms with van der Waals surface area (Å²) in [4.78, 5) is 11.7. The number of carbonyl (C=O) groups is 1. The number of ether oxygens (including phenoxy) is 1. The first kappa shape index (κ1) is 15.3. The van der Waals surface area contributed by atoms with E-state index in [0.29, 0.717) is 17.2 Å². The van der Waals surface area contributed by atoms with Crippen LogP contribution in [0.2, 0.25) is 0 Å². The molecule has 112 valence electrons. The summed E-state index contributed by atoms with van der Waals surface area (Å²) in [5.74, 6) is 0.400. The third-order valence-corrected chi connectivity index (χ3v) is 3.82. The summed E-state index contributed by atoms with van der Waals surface area (Å²) in [7, 11) is 0. The van der Waals surface area contributed by atoms with E-state index >= 15 is 0 Å². The first-order valence-electron chi connectivity index (χ1n) is 7.27. The third kappa shape index (κ3) is 4.47. The van der Waals surface area contributed by atoms with Crippen LogP contribution in [0.5, 0.6) is 5.75 Å². The Morgan fingerprint density at radius 2 is 2.14 bits per heavy atom. The van der Waals surface area contributed by atoms with E-state index in [9.17, 15) is 9.90 Å². The van der Waals surface area contributed by atoms with E-state index in [4.69, 9.17) is 10.00 Å². The number of para-hydroxylation sites is 1. The average Bonchev–Trinajstić information content (AvgIpc) is 3.05. The highest BCUT2D eigenvalue weighted by Crippen LogP contribution is 2.27. The standard InChI is InChI=1S/C16H20N2O3/c17-9-13-7-3-4-8-15(13)21-11-16(20)18-10-14(19)12-5-1-2-6-12/h3-4,7-8,12,14,19H,1-2,5-6,10-11H2,(H,18,20). The van der Waals surface area contributed by atoms with Crippen LogP contribution in [0.3, 0.4) is 0 Å². The molecule has 1 unspecified atom stereocenters. The van der Waals surface area contributed by atoms with Crippen LogP contribution in [-0.4, -0.2) is 30.3 Å². The van der Waals surface area contributed by atoms with E-state index in [1.807, 2.05) is 6.07 Å². The lowest BCUT2D eigenvalue weighted by molar-refractivity contribution is -0.123. The molecule has 2 N–H and O–H groups in total. The van der Waals surface area contributed by atoms with Gasteiger partial charge in [-0.25, -0.2) is 0 Å². The maximum atomic E-state index is 11.7. The number of nitrogens with one attached hydrogen (secondary N) is 1. The fourth-order valence-electron chi connectivity index (χ4n) is 2.61. The third-order valence-electron chi connectivity index (χ3n) is 3.82. The van der Waals surface area contributed by atoms with E-state index in [0.717, 1.165) is 25.7 Å². The summed E-state index contributed by atoms with van der Waals surface area (Å²) in [6, 6.07) is 8.79. The van der Waals surface area contributed by atoms with Gasteiger partial charge in [-0.05, 0) is 30.9 Å². The lowest BCUT2D eigenvalue weighted by Crippen LogP contribution is -2.38. The normalized spacial score (nSPS) is 16.2. The molecule has 1 amide bonds. The van der Waals surface area contributed by atoms with Gasteiger partial charge >= 0.3 is 0 Å². The average molecular weight is 288 g/mol. The highest BCUT2D eigenvalue weighted by molar-refractivity contribution is 5.77. The van der Waals surface area contributed by atoms with Gasteiger partial charge in [-0.1, -0.05) is 25.0 Å². The van der Waals surface area contributed by atoms with Crippen molar-refractivity contribution in [2.45, 2.75) is 31.8 Å². The van der Waals surface area contributed by atoms with Crippen molar-refractivity contribution in [3.8, 4) is 11.8 Å². The molecule has 1 aliphatic carbocycles. The van der Waals surface area contributed by atoms with Crippen LogP contribution in [0.1, 0.15) is 31.2 Å². The van der Waals surface area contributed by atoms with E-state index in [2.05, 4.69) is 5.32 Å². The minimum atomic E-state index is -0.483. The van der Waals surface area contributed by atoms with Gasteiger partial charge in [0.2, 0.25) is 0 Å². The molecule has 1 aliphatic rings. The van der Waals surface area contributed by atoms with Gasteiger partial charge in [0.15, 0.2) is 6.61 Å². The van der Waals surface area contributed by atoms with E-state index in [1.54, 1.807) is 24.3 Å². The monoisotopic (exact) mass is 288 g/mol. The van der Waals surface area contributed by atoms with Crippen molar-refractivity contribution in [2.24, 2.45) is 5.92 Å². The number of nitriles is 1. The number of aliphatic hydroxyl groups is 1. The number of benzene rings is 1. The van der Waals surface area contributed by atoms with Gasteiger partial charge in [-0.3, -0.25) is 4.79 Å². The van der Waals surface area contributed by atoms with Crippen LogP contribution in [0.15, 0.2) is 24.3 Å². The first-order valence-corrected chi connectivity index (χ1v) is 7.27. The van der Waals surface area contributed by atoms with Gasteiger partial charge in [-0.15, -0.1) is 0 Å². The highest BCUT2D eigenvalue weighted by atomic mass is 16.5. The number of nitrogens with zero attached hydrogens (tertiary/aromatic N) is 1. The van der Waals surface area contributed by atoms with Crippen molar-refractivity contribution < 1.29 is 14.6 Å². The Hall–Kier alpha value is -2.06. The van der Waals surface area contributed by atoms with Gasteiger partial charge in [0.25, 0.3) is 5.91 Å². The molecule has 0 aromatic heterocycles. The summed E-state index contributed by atoms with van der Waals surface area (Å²) >= 11 is 0. The molecule has 1 aromatic carbocycles. The summed E-state index contributed by atoms with van der Waals surface area (Å²) in [6.07, 6.45) is 3.89. The second kappa shape index (κ2) is 7.65. The van der Waals surface area contributed by atoms with E-state index < -0.39 is 6.10 Å². The van der Waals surface area contributed by atoms with Gasteiger partial charge in [0.1, 0.15) is 11.8 Å². The Kier molecular flexibility index (Phi) is 5.59.